The molecule has 88 valence electrons. The first-order valence-corrected chi connectivity index (χ1v) is 5.20. The fraction of sp³-hybridized carbons (Fsp3) is 0.417. The summed E-state index contributed by atoms with van der Waals surface area (Å²) < 4.78 is 12.8. The number of nitrogens with two attached hydrogens (primary N) is 1. The average molecular weight is 225 g/mol. The summed E-state index contributed by atoms with van der Waals surface area (Å²) in [6.07, 6.45) is 1.07. The van der Waals surface area contributed by atoms with Crippen molar-refractivity contribution in [3.05, 3.63) is 35.6 Å². The Morgan fingerprint density at radius 1 is 1.44 bits per heavy atom. The molecule has 0 heterocycles. The molecule has 0 aliphatic carbocycles. The van der Waals surface area contributed by atoms with Crippen LogP contribution in [0.25, 0.3) is 0 Å². The predicted octanol–water partition coefficient (Wildman–Crippen LogP) is 1.91. The van der Waals surface area contributed by atoms with Crippen LogP contribution in [0.1, 0.15) is 25.3 Å². The molecule has 4 heteroatoms. The summed E-state index contributed by atoms with van der Waals surface area (Å²) in [5, 5.41) is 9.25. The highest BCUT2D eigenvalue weighted by atomic mass is 19.1. The van der Waals surface area contributed by atoms with E-state index in [1.807, 2.05) is 0 Å². The molecule has 0 aliphatic heterocycles. The number of rotatable bonds is 5. The summed E-state index contributed by atoms with van der Waals surface area (Å²) in [6.45, 7) is 2.09. The summed E-state index contributed by atoms with van der Waals surface area (Å²) in [5.41, 5.74) is 5.00. The second kappa shape index (κ2) is 5.07. The summed E-state index contributed by atoms with van der Waals surface area (Å²) in [7, 11) is 0. The van der Waals surface area contributed by atoms with Gasteiger partial charge in [0.1, 0.15) is 5.82 Å². The van der Waals surface area contributed by atoms with Gasteiger partial charge in [-0.1, -0.05) is 12.1 Å². The van der Waals surface area contributed by atoms with Crippen molar-refractivity contribution in [3.8, 4) is 0 Å². The van der Waals surface area contributed by atoms with Crippen molar-refractivity contribution in [1.29, 1.82) is 0 Å². The lowest BCUT2D eigenvalue weighted by molar-refractivity contribution is -0.143. The SMILES string of the molecule is CC(CCCN)(C(=O)O)c1ccc(F)cc1. The van der Waals surface area contributed by atoms with Crippen molar-refractivity contribution < 1.29 is 14.3 Å². The van der Waals surface area contributed by atoms with Gasteiger partial charge in [-0.3, -0.25) is 4.79 Å². The number of hydrogen-bond donors (Lipinski definition) is 2. The Morgan fingerprint density at radius 2 is 2.00 bits per heavy atom. The molecule has 0 saturated heterocycles. The van der Waals surface area contributed by atoms with Crippen molar-refractivity contribution in [1.82, 2.24) is 0 Å². The summed E-state index contributed by atoms with van der Waals surface area (Å²) in [4.78, 5) is 11.3. The van der Waals surface area contributed by atoms with Gasteiger partial charge in [0, 0.05) is 0 Å². The minimum Gasteiger partial charge on any atom is -0.481 e. The molecular weight excluding hydrogens is 209 g/mol. The maximum atomic E-state index is 12.8. The quantitative estimate of drug-likeness (QED) is 0.804. The van der Waals surface area contributed by atoms with E-state index in [2.05, 4.69) is 0 Å². The summed E-state index contributed by atoms with van der Waals surface area (Å²) in [5.74, 6) is -1.28. The van der Waals surface area contributed by atoms with Crippen molar-refractivity contribution in [2.24, 2.45) is 5.73 Å². The Hall–Kier alpha value is -1.42. The fourth-order valence-corrected chi connectivity index (χ4v) is 1.65. The van der Waals surface area contributed by atoms with Crippen molar-refractivity contribution in [3.63, 3.8) is 0 Å². The zero-order chi connectivity index (χ0) is 12.2. The van der Waals surface area contributed by atoms with E-state index in [0.29, 0.717) is 24.9 Å². The van der Waals surface area contributed by atoms with Gasteiger partial charge in [0.05, 0.1) is 5.41 Å². The highest BCUT2D eigenvalue weighted by Crippen LogP contribution is 2.29. The molecule has 0 saturated carbocycles. The van der Waals surface area contributed by atoms with Gasteiger partial charge in [0.2, 0.25) is 0 Å². The van der Waals surface area contributed by atoms with Gasteiger partial charge in [0.25, 0.3) is 0 Å². The van der Waals surface area contributed by atoms with Crippen molar-refractivity contribution >= 4 is 5.97 Å². The van der Waals surface area contributed by atoms with Gasteiger partial charge in [-0.2, -0.15) is 0 Å². The van der Waals surface area contributed by atoms with Crippen LogP contribution < -0.4 is 5.73 Å². The first-order valence-electron chi connectivity index (χ1n) is 5.20. The third-order valence-corrected chi connectivity index (χ3v) is 2.83. The molecule has 0 bridgehead atoms. The normalized spacial score (nSPS) is 14.4. The molecule has 0 amide bonds. The molecule has 1 atom stereocenters. The van der Waals surface area contributed by atoms with Gasteiger partial charge in [0.15, 0.2) is 0 Å². The highest BCUT2D eigenvalue weighted by Gasteiger charge is 2.34. The predicted molar refractivity (Wildman–Crippen MR) is 59.7 cm³/mol. The topological polar surface area (TPSA) is 63.3 Å². The number of aliphatic carboxylic acids is 1. The van der Waals surface area contributed by atoms with E-state index in [4.69, 9.17) is 5.73 Å². The number of hydrogen-bond acceptors (Lipinski definition) is 2. The van der Waals surface area contributed by atoms with Crippen LogP contribution in [0.15, 0.2) is 24.3 Å². The van der Waals surface area contributed by atoms with Crippen LogP contribution in [-0.4, -0.2) is 17.6 Å². The lowest BCUT2D eigenvalue weighted by atomic mass is 9.78. The number of carboxylic acid groups (broad SMARTS) is 1. The Bertz CT molecular complexity index is 364. The van der Waals surface area contributed by atoms with Gasteiger partial charge < -0.3 is 10.8 Å². The van der Waals surface area contributed by atoms with Crippen LogP contribution in [-0.2, 0) is 10.2 Å². The fourth-order valence-electron chi connectivity index (χ4n) is 1.65. The summed E-state index contributed by atoms with van der Waals surface area (Å²) in [6, 6.07) is 5.58. The third-order valence-electron chi connectivity index (χ3n) is 2.83. The lowest BCUT2D eigenvalue weighted by Crippen LogP contribution is -2.33. The number of benzene rings is 1. The highest BCUT2D eigenvalue weighted by molar-refractivity contribution is 5.80. The molecule has 1 unspecified atom stereocenters. The smallest absolute Gasteiger partial charge is 0.313 e. The lowest BCUT2D eigenvalue weighted by Gasteiger charge is -2.25. The van der Waals surface area contributed by atoms with E-state index in [-0.39, 0.29) is 5.82 Å². The number of carbonyl (C=O) groups is 1. The second-order valence-electron chi connectivity index (χ2n) is 4.04. The van der Waals surface area contributed by atoms with E-state index in [9.17, 15) is 14.3 Å². The van der Waals surface area contributed by atoms with Crippen LogP contribution in [0.3, 0.4) is 0 Å². The van der Waals surface area contributed by atoms with Crippen molar-refractivity contribution in [2.45, 2.75) is 25.2 Å². The molecule has 3 nitrogen and oxygen atoms in total. The largest absolute Gasteiger partial charge is 0.481 e. The zero-order valence-corrected chi connectivity index (χ0v) is 9.24. The Morgan fingerprint density at radius 3 is 2.44 bits per heavy atom. The molecule has 1 rings (SSSR count). The maximum absolute atomic E-state index is 12.8. The number of halogens is 1. The van der Waals surface area contributed by atoms with E-state index in [1.54, 1.807) is 6.92 Å². The zero-order valence-electron chi connectivity index (χ0n) is 9.24. The van der Waals surface area contributed by atoms with Gasteiger partial charge in [-0.25, -0.2) is 4.39 Å². The maximum Gasteiger partial charge on any atom is 0.313 e. The second-order valence-corrected chi connectivity index (χ2v) is 4.04. The molecule has 16 heavy (non-hydrogen) atoms. The van der Waals surface area contributed by atoms with E-state index >= 15 is 0 Å². The van der Waals surface area contributed by atoms with Crippen LogP contribution in [0.2, 0.25) is 0 Å². The molecule has 3 N–H and O–H groups in total. The Balaban J connectivity index is 3.01. The van der Waals surface area contributed by atoms with Crippen LogP contribution in [0.5, 0.6) is 0 Å². The Kier molecular flexibility index (Phi) is 4.01. The summed E-state index contributed by atoms with van der Waals surface area (Å²) >= 11 is 0. The molecule has 0 spiro atoms. The van der Waals surface area contributed by atoms with Crippen molar-refractivity contribution in [2.75, 3.05) is 6.54 Å². The Labute approximate surface area is 94.1 Å². The van der Waals surface area contributed by atoms with E-state index in [1.165, 1.54) is 24.3 Å². The number of carboxylic acids is 1. The van der Waals surface area contributed by atoms with Crippen LogP contribution in [0, 0.1) is 5.82 Å². The van der Waals surface area contributed by atoms with E-state index < -0.39 is 11.4 Å². The first kappa shape index (κ1) is 12.6. The van der Waals surface area contributed by atoms with Crippen LogP contribution >= 0.6 is 0 Å². The minimum atomic E-state index is -0.993. The van der Waals surface area contributed by atoms with E-state index in [0.717, 1.165) is 0 Å². The monoisotopic (exact) mass is 225 g/mol. The van der Waals surface area contributed by atoms with Crippen LogP contribution in [0.4, 0.5) is 4.39 Å². The molecular formula is C12H16FNO2. The first-order chi connectivity index (χ1) is 7.50. The molecule has 1 aromatic carbocycles. The minimum absolute atomic E-state index is 0.365. The standard InChI is InChI=1S/C12H16FNO2/c1-12(11(15)16,7-2-8-14)9-3-5-10(13)6-4-9/h3-6H,2,7-8,14H2,1H3,(H,15,16). The molecule has 0 fully saturated rings. The molecule has 0 aromatic heterocycles. The van der Waals surface area contributed by atoms with Gasteiger partial charge in [-0.15, -0.1) is 0 Å². The molecule has 0 aliphatic rings. The van der Waals surface area contributed by atoms with Gasteiger partial charge >= 0.3 is 5.97 Å². The molecule has 1 aromatic rings. The van der Waals surface area contributed by atoms with Gasteiger partial charge in [-0.05, 0) is 44.0 Å². The molecule has 0 radical (unpaired) electrons. The third kappa shape index (κ3) is 2.58. The average Bonchev–Trinajstić information content (AvgIpc) is 2.26.